The van der Waals surface area contributed by atoms with Gasteiger partial charge in [-0.3, -0.25) is 24.7 Å². The number of nitrogens with one attached hydrogen (secondary N) is 2. The predicted octanol–water partition coefficient (Wildman–Crippen LogP) is 1.71. The van der Waals surface area contributed by atoms with Crippen molar-refractivity contribution in [3.05, 3.63) is 58.7 Å². The molecule has 0 aromatic heterocycles. The molecule has 1 aromatic carbocycles. The van der Waals surface area contributed by atoms with E-state index in [1.165, 1.54) is 0 Å². The molecule has 0 spiro atoms. The zero-order valence-electron chi connectivity index (χ0n) is 18.1. The molecule has 0 radical (unpaired) electrons. The molecular formula is C25H28N4O3. The fraction of sp³-hybridized carbons (Fsp3) is 0.440. The van der Waals surface area contributed by atoms with Crippen molar-refractivity contribution >= 4 is 23.2 Å². The van der Waals surface area contributed by atoms with Crippen LogP contribution in [0.25, 0.3) is 0 Å². The lowest BCUT2D eigenvalue weighted by atomic mass is 9.81. The summed E-state index contributed by atoms with van der Waals surface area (Å²) in [6.07, 6.45) is 6.76. The molecule has 3 heterocycles. The number of benzene rings is 1. The van der Waals surface area contributed by atoms with Crippen LogP contribution in [0.1, 0.15) is 46.4 Å². The number of aliphatic imine (C=N–C) groups is 1. The van der Waals surface area contributed by atoms with E-state index in [2.05, 4.69) is 21.7 Å². The van der Waals surface area contributed by atoms with Crippen LogP contribution in [-0.4, -0.2) is 72.9 Å². The second-order valence-corrected chi connectivity index (χ2v) is 8.84. The van der Waals surface area contributed by atoms with Crippen LogP contribution in [0.4, 0.5) is 0 Å². The van der Waals surface area contributed by atoms with E-state index in [0.717, 1.165) is 50.0 Å². The normalized spacial score (nSPS) is 25.6. The highest BCUT2D eigenvalue weighted by Gasteiger charge is 2.36. The summed E-state index contributed by atoms with van der Waals surface area (Å²) in [6, 6.07) is 6.86. The van der Waals surface area contributed by atoms with E-state index in [1.807, 2.05) is 4.90 Å². The van der Waals surface area contributed by atoms with Gasteiger partial charge in [-0.25, -0.2) is 0 Å². The number of carbonyl (C=O) groups is 3. The molecule has 32 heavy (non-hydrogen) atoms. The minimum absolute atomic E-state index is 0.0352. The Bertz CT molecular complexity index is 1050. The number of hydrogen-bond donors (Lipinski definition) is 2. The summed E-state index contributed by atoms with van der Waals surface area (Å²) in [5.41, 5.74) is 3.65. The maximum atomic E-state index is 13.5. The van der Waals surface area contributed by atoms with Crippen LogP contribution in [0.15, 0.2) is 52.6 Å². The molecule has 7 heteroatoms. The van der Waals surface area contributed by atoms with Crippen LogP contribution in [0.2, 0.25) is 0 Å². The second kappa shape index (κ2) is 8.92. The molecule has 1 aromatic rings. The van der Waals surface area contributed by atoms with Crippen molar-refractivity contribution in [3.63, 3.8) is 0 Å². The molecule has 0 saturated carbocycles. The van der Waals surface area contributed by atoms with Crippen molar-refractivity contribution in [1.29, 1.82) is 0 Å². The molecule has 1 amide bonds. The smallest absolute Gasteiger partial charge is 0.253 e. The van der Waals surface area contributed by atoms with Gasteiger partial charge < -0.3 is 10.2 Å². The van der Waals surface area contributed by atoms with E-state index < -0.39 is 0 Å². The molecule has 2 N–H and O–H groups in total. The lowest BCUT2D eigenvalue weighted by Crippen LogP contribution is -2.52. The summed E-state index contributed by atoms with van der Waals surface area (Å²) in [7, 11) is 0. The lowest BCUT2D eigenvalue weighted by molar-refractivity contribution is -0.115. The maximum absolute atomic E-state index is 13.5. The van der Waals surface area contributed by atoms with E-state index in [4.69, 9.17) is 0 Å². The first kappa shape index (κ1) is 21.0. The minimum Gasteiger partial charge on any atom is -0.337 e. The van der Waals surface area contributed by atoms with E-state index >= 15 is 0 Å². The molecule has 1 aliphatic carbocycles. The SMILES string of the molecule is O=C1C=C2C=C3CCN=C(C(=O)c4cccc(C(=O)N5CCCNCC5)c4)C3NC2CC1. The van der Waals surface area contributed by atoms with Crippen LogP contribution in [0, 0.1) is 0 Å². The highest BCUT2D eigenvalue weighted by atomic mass is 16.2. The third kappa shape index (κ3) is 4.10. The fourth-order valence-corrected chi connectivity index (χ4v) is 4.98. The molecule has 166 valence electrons. The third-order valence-electron chi connectivity index (χ3n) is 6.69. The van der Waals surface area contributed by atoms with E-state index in [0.29, 0.717) is 36.3 Å². The summed E-state index contributed by atoms with van der Waals surface area (Å²) in [5.74, 6) is -0.0117. The second-order valence-electron chi connectivity index (χ2n) is 8.84. The van der Waals surface area contributed by atoms with Crippen molar-refractivity contribution in [1.82, 2.24) is 15.5 Å². The molecule has 1 saturated heterocycles. The van der Waals surface area contributed by atoms with Gasteiger partial charge in [-0.05, 0) is 55.2 Å². The van der Waals surface area contributed by atoms with Crippen molar-refractivity contribution in [2.45, 2.75) is 37.8 Å². The van der Waals surface area contributed by atoms with Crippen LogP contribution >= 0.6 is 0 Å². The molecule has 0 bridgehead atoms. The van der Waals surface area contributed by atoms with Gasteiger partial charge in [0.05, 0.1) is 6.04 Å². The number of hydrogen-bond acceptors (Lipinski definition) is 6. The monoisotopic (exact) mass is 432 g/mol. The Kier molecular flexibility index (Phi) is 5.85. The molecule has 1 fully saturated rings. The Hall–Kier alpha value is -2.90. The topological polar surface area (TPSA) is 90.9 Å². The average Bonchev–Trinajstić information content (AvgIpc) is 3.11. The fourth-order valence-electron chi connectivity index (χ4n) is 4.98. The summed E-state index contributed by atoms with van der Waals surface area (Å²) < 4.78 is 0. The minimum atomic E-state index is -0.234. The van der Waals surface area contributed by atoms with Crippen molar-refractivity contribution < 1.29 is 14.4 Å². The van der Waals surface area contributed by atoms with Crippen LogP contribution in [0.3, 0.4) is 0 Å². The number of rotatable bonds is 3. The quantitative estimate of drug-likeness (QED) is 0.710. The first-order valence-corrected chi connectivity index (χ1v) is 11.5. The number of fused-ring (bicyclic) bond motifs is 2. The standard InChI is InChI=1S/C25H28N4O3/c30-20-5-6-21-19(15-20)13-16-7-9-27-23(22(16)28-21)24(31)17-3-1-4-18(14-17)25(32)29-11-2-8-26-10-12-29/h1,3-4,13-15,21-22,26,28H,2,5-12H2. The van der Waals surface area contributed by atoms with E-state index in [-0.39, 0.29) is 29.6 Å². The van der Waals surface area contributed by atoms with Crippen molar-refractivity contribution in [2.75, 3.05) is 32.7 Å². The predicted molar refractivity (Wildman–Crippen MR) is 122 cm³/mol. The molecule has 3 aliphatic heterocycles. The van der Waals surface area contributed by atoms with Gasteiger partial charge >= 0.3 is 0 Å². The van der Waals surface area contributed by atoms with Crippen LogP contribution < -0.4 is 10.6 Å². The Morgan fingerprint density at radius 2 is 1.94 bits per heavy atom. The van der Waals surface area contributed by atoms with Crippen LogP contribution in [0.5, 0.6) is 0 Å². The van der Waals surface area contributed by atoms with Crippen molar-refractivity contribution in [2.24, 2.45) is 4.99 Å². The maximum Gasteiger partial charge on any atom is 0.253 e. The Labute approximate surface area is 187 Å². The van der Waals surface area contributed by atoms with Crippen LogP contribution in [-0.2, 0) is 4.79 Å². The lowest BCUT2D eigenvalue weighted by Gasteiger charge is -2.37. The summed E-state index contributed by atoms with van der Waals surface area (Å²) in [4.78, 5) is 44.7. The number of allylic oxidation sites excluding steroid dienone is 1. The molecular weight excluding hydrogens is 404 g/mol. The number of amides is 1. The molecule has 7 nitrogen and oxygen atoms in total. The van der Waals surface area contributed by atoms with E-state index in [9.17, 15) is 14.4 Å². The number of ketones is 2. The largest absolute Gasteiger partial charge is 0.337 e. The molecule has 2 unspecified atom stereocenters. The van der Waals surface area contributed by atoms with Gasteiger partial charge in [-0.1, -0.05) is 18.2 Å². The highest BCUT2D eigenvalue weighted by molar-refractivity contribution is 6.48. The summed E-state index contributed by atoms with van der Waals surface area (Å²) in [6.45, 7) is 3.64. The summed E-state index contributed by atoms with van der Waals surface area (Å²) >= 11 is 0. The highest BCUT2D eigenvalue weighted by Crippen LogP contribution is 2.30. The molecule has 5 rings (SSSR count). The third-order valence-corrected chi connectivity index (χ3v) is 6.69. The van der Waals surface area contributed by atoms with Crippen molar-refractivity contribution in [3.8, 4) is 0 Å². The van der Waals surface area contributed by atoms with Gasteiger partial charge in [0.15, 0.2) is 5.78 Å². The molecule has 4 aliphatic rings. The number of nitrogens with zero attached hydrogens (tertiary/aromatic N) is 2. The summed E-state index contributed by atoms with van der Waals surface area (Å²) in [5, 5.41) is 6.86. The van der Waals surface area contributed by atoms with Gasteiger partial charge in [0.25, 0.3) is 5.91 Å². The number of Topliss-reactive ketones (excluding diaryl/α,β-unsaturated/α-hetero) is 1. The van der Waals surface area contributed by atoms with Gasteiger partial charge in [-0.15, -0.1) is 0 Å². The van der Waals surface area contributed by atoms with Gasteiger partial charge in [0, 0.05) is 49.8 Å². The molecule has 2 atom stereocenters. The number of carbonyl (C=O) groups excluding carboxylic acids is 3. The van der Waals surface area contributed by atoms with Gasteiger partial charge in [-0.2, -0.15) is 0 Å². The first-order valence-electron chi connectivity index (χ1n) is 11.5. The average molecular weight is 433 g/mol. The zero-order valence-corrected chi connectivity index (χ0v) is 18.1. The zero-order chi connectivity index (χ0) is 22.1. The Morgan fingerprint density at radius 3 is 2.84 bits per heavy atom. The van der Waals surface area contributed by atoms with Gasteiger partial charge in [0.1, 0.15) is 5.71 Å². The first-order chi connectivity index (χ1) is 15.6. The Balaban J connectivity index is 1.39. The van der Waals surface area contributed by atoms with Gasteiger partial charge in [0.2, 0.25) is 5.78 Å². The van der Waals surface area contributed by atoms with E-state index in [1.54, 1.807) is 30.3 Å². The Morgan fingerprint density at radius 1 is 1.06 bits per heavy atom.